The van der Waals surface area contributed by atoms with E-state index in [9.17, 15) is 0 Å². The maximum atomic E-state index is 6.63. The molecule has 23 heavy (non-hydrogen) atoms. The van der Waals surface area contributed by atoms with Gasteiger partial charge in [-0.2, -0.15) is 0 Å². The molecule has 1 unspecified atom stereocenters. The highest BCUT2D eigenvalue weighted by Crippen LogP contribution is 2.28. The van der Waals surface area contributed by atoms with Crippen molar-refractivity contribution in [3.8, 4) is 0 Å². The second-order valence-electron chi connectivity index (χ2n) is 8.21. The van der Waals surface area contributed by atoms with Crippen molar-refractivity contribution in [2.24, 2.45) is 0 Å². The number of hydrogen-bond donors (Lipinski definition) is 0. The largest absolute Gasteiger partial charge is 0.437 e. The summed E-state index contributed by atoms with van der Waals surface area (Å²) in [6.45, 7) is 22.5. The summed E-state index contributed by atoms with van der Waals surface area (Å²) in [4.78, 5) is 0. The van der Waals surface area contributed by atoms with Crippen LogP contribution in [0.15, 0.2) is 0 Å². The summed E-state index contributed by atoms with van der Waals surface area (Å²) >= 11 is 0. The fourth-order valence-corrected chi connectivity index (χ4v) is 22.2. The van der Waals surface area contributed by atoms with Gasteiger partial charge in [0.25, 0.3) is 0 Å². The minimum atomic E-state index is -2.13. The lowest BCUT2D eigenvalue weighted by atomic mass is 10.6. The molecule has 7 heteroatoms. The Labute approximate surface area is 152 Å². The van der Waals surface area contributed by atoms with E-state index in [0.29, 0.717) is 0 Å². The van der Waals surface area contributed by atoms with Gasteiger partial charge >= 0.3 is 17.1 Å². The van der Waals surface area contributed by atoms with Crippen LogP contribution in [0.5, 0.6) is 0 Å². The standard InChI is InChI=1S/C14H38O3Si4.2CH4/c1-11-13-19(6,7)16-20(8,9)17-21(10,14-12-2)15-18(3,4)5;;/h11-14H2,1-10H3;2*1H4. The third kappa shape index (κ3) is 13.7. The summed E-state index contributed by atoms with van der Waals surface area (Å²) in [6.07, 6.45) is 2.31. The Hall–Kier alpha value is 0.748. The summed E-state index contributed by atoms with van der Waals surface area (Å²) in [5, 5.41) is 0. The molecule has 0 heterocycles. The molecule has 0 aliphatic carbocycles. The second-order valence-corrected chi connectivity index (χ2v) is 24.5. The molecule has 0 aliphatic heterocycles. The van der Waals surface area contributed by atoms with Gasteiger partial charge in [0, 0.05) is 0 Å². The molecule has 1 atom stereocenters. The molecular formula is C16H46O3Si4. The fourth-order valence-electron chi connectivity index (χ4n) is 3.08. The average molecular weight is 399 g/mol. The van der Waals surface area contributed by atoms with Crippen LogP contribution in [0.3, 0.4) is 0 Å². The Morgan fingerprint density at radius 1 is 0.609 bits per heavy atom. The monoisotopic (exact) mass is 398 g/mol. The van der Waals surface area contributed by atoms with Crippen LogP contribution in [0.25, 0.3) is 0 Å². The number of hydrogen-bond acceptors (Lipinski definition) is 3. The third-order valence-electron chi connectivity index (χ3n) is 3.06. The van der Waals surface area contributed by atoms with Gasteiger partial charge in [0.1, 0.15) is 0 Å². The molecule has 0 radical (unpaired) electrons. The number of rotatable bonds is 10. The minimum absolute atomic E-state index is 0. The molecule has 0 aliphatic rings. The van der Waals surface area contributed by atoms with E-state index in [-0.39, 0.29) is 14.9 Å². The molecule has 0 bridgehead atoms. The third-order valence-corrected chi connectivity index (χ3v) is 18.2. The highest BCUT2D eigenvalue weighted by atomic mass is 28.5. The Morgan fingerprint density at radius 2 is 1.04 bits per heavy atom. The van der Waals surface area contributed by atoms with E-state index in [1.165, 1.54) is 12.5 Å². The fraction of sp³-hybridized carbons (Fsp3) is 1.00. The van der Waals surface area contributed by atoms with E-state index >= 15 is 0 Å². The molecule has 0 aromatic rings. The van der Waals surface area contributed by atoms with E-state index < -0.39 is 33.8 Å². The lowest BCUT2D eigenvalue weighted by Gasteiger charge is -2.41. The molecule has 0 aromatic heterocycles. The van der Waals surface area contributed by atoms with Gasteiger partial charge in [0.15, 0.2) is 16.6 Å². The summed E-state index contributed by atoms with van der Waals surface area (Å²) in [5.41, 5.74) is 0. The summed E-state index contributed by atoms with van der Waals surface area (Å²) < 4.78 is 19.7. The first-order valence-corrected chi connectivity index (χ1v) is 20.2. The summed E-state index contributed by atoms with van der Waals surface area (Å²) in [6, 6.07) is 2.26. The van der Waals surface area contributed by atoms with Crippen LogP contribution in [0.4, 0.5) is 0 Å². The van der Waals surface area contributed by atoms with Crippen LogP contribution in [0, 0.1) is 0 Å². The van der Waals surface area contributed by atoms with E-state index in [1.807, 2.05) is 0 Å². The van der Waals surface area contributed by atoms with Crippen LogP contribution in [-0.4, -0.2) is 33.8 Å². The van der Waals surface area contributed by atoms with Crippen molar-refractivity contribution in [1.82, 2.24) is 0 Å². The van der Waals surface area contributed by atoms with Crippen molar-refractivity contribution in [3.05, 3.63) is 0 Å². The normalized spacial score (nSPS) is 15.4. The molecular weight excluding hydrogens is 353 g/mol. The molecule has 3 nitrogen and oxygen atoms in total. The van der Waals surface area contributed by atoms with Gasteiger partial charge in [-0.25, -0.2) is 0 Å². The highest BCUT2D eigenvalue weighted by Gasteiger charge is 2.44. The smallest absolute Gasteiger partial charge is 0.315 e. The molecule has 0 aromatic carbocycles. The van der Waals surface area contributed by atoms with Crippen molar-refractivity contribution in [1.29, 1.82) is 0 Å². The van der Waals surface area contributed by atoms with Gasteiger partial charge in [-0.05, 0) is 64.5 Å². The van der Waals surface area contributed by atoms with Gasteiger partial charge in [-0.15, -0.1) is 0 Å². The highest BCUT2D eigenvalue weighted by molar-refractivity contribution is 6.89. The Morgan fingerprint density at radius 3 is 1.39 bits per heavy atom. The van der Waals surface area contributed by atoms with Crippen LogP contribution < -0.4 is 0 Å². The van der Waals surface area contributed by atoms with Crippen LogP contribution in [0.2, 0.25) is 64.5 Å². The zero-order valence-corrected chi connectivity index (χ0v) is 20.1. The van der Waals surface area contributed by atoms with Gasteiger partial charge in [-0.1, -0.05) is 41.5 Å². The first-order valence-electron chi connectivity index (χ1n) is 8.35. The Kier molecular flexibility index (Phi) is 13.2. The van der Waals surface area contributed by atoms with E-state index in [1.54, 1.807) is 0 Å². The quantitative estimate of drug-likeness (QED) is 0.373. The van der Waals surface area contributed by atoms with Crippen LogP contribution in [0.1, 0.15) is 41.5 Å². The molecule has 0 saturated carbocycles. The van der Waals surface area contributed by atoms with Crippen molar-refractivity contribution >= 4 is 33.8 Å². The first-order chi connectivity index (χ1) is 9.24. The molecule has 144 valence electrons. The summed E-state index contributed by atoms with van der Waals surface area (Å²) in [5.74, 6) is 0. The van der Waals surface area contributed by atoms with Gasteiger partial charge in [0.2, 0.25) is 0 Å². The predicted molar refractivity (Wildman–Crippen MR) is 117 cm³/mol. The molecule has 0 saturated heterocycles. The lowest BCUT2D eigenvalue weighted by Crippen LogP contribution is -2.57. The SMILES string of the molecule is C.C.CCC[Si](C)(C)O[Si](C)(C)O[Si](C)(CCC)O[Si](C)(C)C. The molecule has 0 rings (SSSR count). The van der Waals surface area contributed by atoms with Crippen molar-refractivity contribution in [3.63, 3.8) is 0 Å². The van der Waals surface area contributed by atoms with Gasteiger partial charge in [-0.3, -0.25) is 0 Å². The van der Waals surface area contributed by atoms with Crippen LogP contribution in [-0.2, 0) is 12.3 Å². The topological polar surface area (TPSA) is 27.7 Å². The predicted octanol–water partition coefficient (Wildman–Crippen LogP) is 6.94. The van der Waals surface area contributed by atoms with E-state index in [0.717, 1.165) is 12.5 Å². The molecule has 0 N–H and O–H groups in total. The molecule has 0 amide bonds. The van der Waals surface area contributed by atoms with Crippen molar-refractivity contribution in [2.75, 3.05) is 0 Å². The minimum Gasteiger partial charge on any atom is -0.437 e. The zero-order valence-electron chi connectivity index (χ0n) is 16.1. The molecule has 0 spiro atoms. The zero-order chi connectivity index (χ0) is 16.9. The van der Waals surface area contributed by atoms with Crippen molar-refractivity contribution in [2.45, 2.75) is 106 Å². The Bertz CT molecular complexity index is 317. The van der Waals surface area contributed by atoms with Gasteiger partial charge < -0.3 is 12.3 Å². The van der Waals surface area contributed by atoms with Crippen LogP contribution >= 0.6 is 0 Å². The molecule has 0 fully saturated rings. The van der Waals surface area contributed by atoms with Crippen molar-refractivity contribution < 1.29 is 12.3 Å². The lowest BCUT2D eigenvalue weighted by molar-refractivity contribution is 0.321. The Balaban J connectivity index is -0.00000200. The average Bonchev–Trinajstić information content (AvgIpc) is 2.08. The van der Waals surface area contributed by atoms with E-state index in [4.69, 9.17) is 12.3 Å². The maximum absolute atomic E-state index is 6.63. The summed E-state index contributed by atoms with van der Waals surface area (Å²) in [7, 11) is -7.44. The van der Waals surface area contributed by atoms with E-state index in [2.05, 4.69) is 66.2 Å². The second kappa shape index (κ2) is 10.7. The first kappa shape index (κ1) is 28.5. The van der Waals surface area contributed by atoms with Gasteiger partial charge in [0.05, 0.1) is 0 Å². The maximum Gasteiger partial charge on any atom is 0.315 e.